The minimum atomic E-state index is -0.853. The number of aryl methyl sites for hydroxylation is 2. The molecule has 0 fully saturated rings. The number of hydrogen-bond donors (Lipinski definition) is 1. The van der Waals surface area contributed by atoms with Crippen molar-refractivity contribution in [2.24, 2.45) is 0 Å². The molecule has 0 aliphatic heterocycles. The summed E-state index contributed by atoms with van der Waals surface area (Å²) < 4.78 is 1.94. The number of carboxylic acids is 1. The number of nitrogens with zero attached hydrogens (tertiary/aromatic N) is 2. The lowest BCUT2D eigenvalue weighted by Crippen LogP contribution is -2.02. The predicted octanol–water partition coefficient (Wildman–Crippen LogP) is 2.35. The second kappa shape index (κ2) is 3.66. The Kier molecular flexibility index (Phi) is 2.48. The highest BCUT2D eigenvalue weighted by molar-refractivity contribution is 7.19. The van der Waals surface area contributed by atoms with Gasteiger partial charge in [-0.2, -0.15) is 0 Å². The minimum Gasteiger partial charge on any atom is -0.477 e. The Morgan fingerprint density at radius 3 is 3.00 bits per heavy atom. The second-order valence-electron chi connectivity index (χ2n) is 3.45. The minimum absolute atomic E-state index is 0.419. The SMILES string of the molecule is CCCc1c(C(=O)O)sc2ncc(C)n12. The largest absolute Gasteiger partial charge is 0.477 e. The molecule has 0 aliphatic rings. The number of carbonyl (C=O) groups is 1. The Balaban J connectivity index is 2.70. The van der Waals surface area contributed by atoms with E-state index in [-0.39, 0.29) is 0 Å². The van der Waals surface area contributed by atoms with E-state index < -0.39 is 5.97 Å². The summed E-state index contributed by atoms with van der Waals surface area (Å²) in [4.78, 5) is 16.4. The van der Waals surface area contributed by atoms with Crippen LogP contribution in [0.4, 0.5) is 0 Å². The summed E-state index contributed by atoms with van der Waals surface area (Å²) >= 11 is 1.25. The van der Waals surface area contributed by atoms with E-state index in [1.165, 1.54) is 11.3 Å². The van der Waals surface area contributed by atoms with E-state index in [2.05, 4.69) is 4.98 Å². The maximum absolute atomic E-state index is 11.0. The summed E-state index contributed by atoms with van der Waals surface area (Å²) in [5, 5.41) is 9.07. The fourth-order valence-corrected chi connectivity index (χ4v) is 2.73. The molecule has 2 heterocycles. The van der Waals surface area contributed by atoms with Crippen LogP contribution in [0, 0.1) is 6.92 Å². The van der Waals surface area contributed by atoms with Crippen LogP contribution in [0.5, 0.6) is 0 Å². The van der Waals surface area contributed by atoms with Crippen molar-refractivity contribution in [3.63, 3.8) is 0 Å². The van der Waals surface area contributed by atoms with E-state index in [1.54, 1.807) is 6.20 Å². The van der Waals surface area contributed by atoms with Crippen LogP contribution in [-0.4, -0.2) is 20.5 Å². The molecule has 2 rings (SSSR count). The average Bonchev–Trinajstić information content (AvgIpc) is 2.69. The van der Waals surface area contributed by atoms with Gasteiger partial charge < -0.3 is 5.11 Å². The Labute approximate surface area is 91.2 Å². The van der Waals surface area contributed by atoms with Crippen molar-refractivity contribution in [1.82, 2.24) is 9.38 Å². The molecule has 2 aromatic heterocycles. The fraction of sp³-hybridized carbons (Fsp3) is 0.400. The number of hydrogen-bond acceptors (Lipinski definition) is 3. The van der Waals surface area contributed by atoms with Crippen molar-refractivity contribution in [1.29, 1.82) is 0 Å². The molecule has 0 saturated heterocycles. The summed E-state index contributed by atoms with van der Waals surface area (Å²) in [6.45, 7) is 3.99. The fourth-order valence-electron chi connectivity index (χ4n) is 1.70. The van der Waals surface area contributed by atoms with Gasteiger partial charge in [0.25, 0.3) is 0 Å². The highest BCUT2D eigenvalue weighted by Crippen LogP contribution is 2.25. The Bertz CT molecular complexity index is 513. The van der Waals surface area contributed by atoms with Crippen molar-refractivity contribution in [2.75, 3.05) is 0 Å². The highest BCUT2D eigenvalue weighted by atomic mass is 32.1. The topological polar surface area (TPSA) is 54.6 Å². The number of rotatable bonds is 3. The van der Waals surface area contributed by atoms with Gasteiger partial charge in [-0.1, -0.05) is 24.7 Å². The lowest BCUT2D eigenvalue weighted by atomic mass is 10.2. The van der Waals surface area contributed by atoms with Gasteiger partial charge in [-0.25, -0.2) is 9.78 Å². The Morgan fingerprint density at radius 1 is 1.67 bits per heavy atom. The average molecular weight is 224 g/mol. The van der Waals surface area contributed by atoms with Crippen molar-refractivity contribution in [3.05, 3.63) is 22.5 Å². The number of carboxylic acid groups (broad SMARTS) is 1. The van der Waals surface area contributed by atoms with Gasteiger partial charge in [-0.05, 0) is 13.3 Å². The zero-order valence-corrected chi connectivity index (χ0v) is 9.47. The summed E-state index contributed by atoms with van der Waals surface area (Å²) in [5.74, 6) is -0.853. The maximum atomic E-state index is 11.0. The second-order valence-corrected chi connectivity index (χ2v) is 4.43. The predicted molar refractivity (Wildman–Crippen MR) is 58.8 cm³/mol. The first-order valence-electron chi connectivity index (χ1n) is 4.84. The lowest BCUT2D eigenvalue weighted by Gasteiger charge is -2.00. The van der Waals surface area contributed by atoms with Gasteiger partial charge in [0.1, 0.15) is 4.88 Å². The molecule has 15 heavy (non-hydrogen) atoms. The van der Waals surface area contributed by atoms with E-state index in [9.17, 15) is 4.79 Å². The molecule has 0 unspecified atom stereocenters. The van der Waals surface area contributed by atoms with Crippen LogP contribution >= 0.6 is 11.3 Å². The smallest absolute Gasteiger partial charge is 0.347 e. The molecule has 0 amide bonds. The molecule has 0 bridgehead atoms. The van der Waals surface area contributed by atoms with Crippen LogP contribution in [-0.2, 0) is 6.42 Å². The molecule has 0 spiro atoms. The molecule has 80 valence electrons. The maximum Gasteiger partial charge on any atom is 0.347 e. The third kappa shape index (κ3) is 1.52. The van der Waals surface area contributed by atoms with E-state index >= 15 is 0 Å². The van der Waals surface area contributed by atoms with Crippen LogP contribution in [0.2, 0.25) is 0 Å². The van der Waals surface area contributed by atoms with E-state index in [1.807, 2.05) is 18.2 Å². The van der Waals surface area contributed by atoms with Gasteiger partial charge in [0.2, 0.25) is 0 Å². The number of aromatic nitrogens is 2. The summed E-state index contributed by atoms with van der Waals surface area (Å²) in [6, 6.07) is 0. The van der Waals surface area contributed by atoms with E-state index in [0.717, 1.165) is 29.2 Å². The Hall–Kier alpha value is -1.36. The zero-order valence-electron chi connectivity index (χ0n) is 8.65. The number of aromatic carboxylic acids is 1. The first-order valence-corrected chi connectivity index (χ1v) is 5.65. The van der Waals surface area contributed by atoms with Crippen LogP contribution < -0.4 is 0 Å². The lowest BCUT2D eigenvalue weighted by molar-refractivity contribution is 0.0700. The van der Waals surface area contributed by atoms with Gasteiger partial charge in [-0.3, -0.25) is 4.40 Å². The van der Waals surface area contributed by atoms with Gasteiger partial charge in [0.05, 0.1) is 0 Å². The number of thiazole rings is 1. The molecule has 0 saturated carbocycles. The summed E-state index contributed by atoms with van der Waals surface area (Å²) in [6.07, 6.45) is 3.49. The van der Waals surface area contributed by atoms with Gasteiger partial charge in [0.15, 0.2) is 4.96 Å². The van der Waals surface area contributed by atoms with Crippen molar-refractivity contribution in [2.45, 2.75) is 26.7 Å². The van der Waals surface area contributed by atoms with Crippen LogP contribution in [0.3, 0.4) is 0 Å². The van der Waals surface area contributed by atoms with Crippen molar-refractivity contribution in [3.8, 4) is 0 Å². The van der Waals surface area contributed by atoms with Crippen LogP contribution in [0.15, 0.2) is 6.20 Å². The standard InChI is InChI=1S/C10H12N2O2S/c1-3-4-7-8(9(13)14)15-10-11-5-6(2)12(7)10/h5H,3-4H2,1-2H3,(H,13,14). The first-order chi connectivity index (χ1) is 7.15. The van der Waals surface area contributed by atoms with Gasteiger partial charge in [0, 0.05) is 17.6 Å². The molecule has 0 aliphatic carbocycles. The zero-order chi connectivity index (χ0) is 11.0. The molecule has 0 aromatic carbocycles. The van der Waals surface area contributed by atoms with Gasteiger partial charge >= 0.3 is 5.97 Å². The monoisotopic (exact) mass is 224 g/mol. The number of imidazole rings is 1. The molecular formula is C10H12N2O2S. The molecule has 4 nitrogen and oxygen atoms in total. The van der Waals surface area contributed by atoms with E-state index in [4.69, 9.17) is 5.11 Å². The first kappa shape index (κ1) is 10.2. The molecule has 0 atom stereocenters. The molecule has 2 aromatic rings. The van der Waals surface area contributed by atoms with Crippen molar-refractivity contribution >= 4 is 22.3 Å². The van der Waals surface area contributed by atoms with Crippen LogP contribution in [0.1, 0.15) is 34.4 Å². The Morgan fingerprint density at radius 2 is 2.40 bits per heavy atom. The molecule has 5 heteroatoms. The third-order valence-electron chi connectivity index (χ3n) is 2.31. The van der Waals surface area contributed by atoms with Crippen LogP contribution in [0.25, 0.3) is 4.96 Å². The summed E-state index contributed by atoms with van der Waals surface area (Å²) in [7, 11) is 0. The number of fused-ring (bicyclic) bond motifs is 1. The normalized spacial score (nSPS) is 11.1. The van der Waals surface area contributed by atoms with Crippen molar-refractivity contribution < 1.29 is 9.90 Å². The molecular weight excluding hydrogens is 212 g/mol. The highest BCUT2D eigenvalue weighted by Gasteiger charge is 2.18. The quantitative estimate of drug-likeness (QED) is 0.870. The third-order valence-corrected chi connectivity index (χ3v) is 3.40. The summed E-state index contributed by atoms with van der Waals surface area (Å²) in [5.41, 5.74) is 1.87. The molecule has 1 N–H and O–H groups in total. The van der Waals surface area contributed by atoms with E-state index in [0.29, 0.717) is 4.88 Å². The molecule has 0 radical (unpaired) electrons. The van der Waals surface area contributed by atoms with Gasteiger partial charge in [-0.15, -0.1) is 0 Å².